The Hall–Kier alpha value is -1.79. The lowest BCUT2D eigenvalue weighted by molar-refractivity contribution is -0.124. The molecule has 0 saturated heterocycles. The summed E-state index contributed by atoms with van der Waals surface area (Å²) in [6.07, 6.45) is 2.13. The summed E-state index contributed by atoms with van der Waals surface area (Å²) in [6.45, 7) is 5.41. The molecule has 0 bridgehead atoms. The van der Waals surface area contributed by atoms with Gasteiger partial charge in [0.05, 0.1) is 0 Å². The first-order chi connectivity index (χ1) is 9.17. The molecule has 4 N–H and O–H groups in total. The molecule has 0 unspecified atom stereocenters. The maximum atomic E-state index is 11.6. The number of urea groups is 1. The van der Waals surface area contributed by atoms with Crippen molar-refractivity contribution in [1.82, 2.24) is 10.6 Å². The van der Waals surface area contributed by atoms with E-state index in [1.165, 1.54) is 0 Å². The third-order valence-corrected chi connectivity index (χ3v) is 3.07. The van der Waals surface area contributed by atoms with Crippen molar-refractivity contribution in [3.63, 3.8) is 0 Å². The van der Waals surface area contributed by atoms with Crippen molar-refractivity contribution in [3.8, 4) is 0 Å². The molecule has 0 atom stereocenters. The molecular weight excluding hydrogens is 262 g/mol. The van der Waals surface area contributed by atoms with E-state index in [9.17, 15) is 14.4 Å². The van der Waals surface area contributed by atoms with Gasteiger partial charge in [-0.25, -0.2) is 9.59 Å². The van der Waals surface area contributed by atoms with Crippen molar-refractivity contribution in [2.45, 2.75) is 58.1 Å². The van der Waals surface area contributed by atoms with E-state index in [1.807, 2.05) is 0 Å². The van der Waals surface area contributed by atoms with E-state index in [-0.39, 0.29) is 17.9 Å². The number of nitrogens with two attached hydrogens (primary N) is 1. The molecular formula is C13H23N3O4. The Morgan fingerprint density at radius 3 is 2.10 bits per heavy atom. The summed E-state index contributed by atoms with van der Waals surface area (Å²) in [7, 11) is 0. The van der Waals surface area contributed by atoms with Crippen LogP contribution in [0.1, 0.15) is 46.5 Å². The number of amides is 4. The molecule has 7 heteroatoms. The fraction of sp³-hybridized carbons (Fsp3) is 0.769. The molecule has 0 radical (unpaired) electrons. The minimum Gasteiger partial charge on any atom is -0.444 e. The first kappa shape index (κ1) is 16.3. The van der Waals surface area contributed by atoms with Gasteiger partial charge in [-0.3, -0.25) is 10.1 Å². The zero-order valence-electron chi connectivity index (χ0n) is 12.2. The van der Waals surface area contributed by atoms with Crippen LogP contribution in [0, 0.1) is 5.92 Å². The molecule has 0 aliphatic heterocycles. The minimum atomic E-state index is -0.830. The number of primary amides is 1. The second kappa shape index (κ2) is 6.58. The highest BCUT2D eigenvalue weighted by Crippen LogP contribution is 2.24. The number of hydrogen-bond donors (Lipinski definition) is 3. The van der Waals surface area contributed by atoms with Crippen LogP contribution in [0.3, 0.4) is 0 Å². The van der Waals surface area contributed by atoms with E-state index in [2.05, 4.69) is 10.6 Å². The van der Waals surface area contributed by atoms with Crippen molar-refractivity contribution in [3.05, 3.63) is 0 Å². The first-order valence-corrected chi connectivity index (χ1v) is 6.77. The molecule has 1 rings (SSSR count). The molecule has 7 nitrogen and oxygen atoms in total. The lowest BCUT2D eigenvalue weighted by Gasteiger charge is -2.29. The number of alkyl carbamates (subject to hydrolysis) is 1. The van der Waals surface area contributed by atoms with Crippen LogP contribution in [0.5, 0.6) is 0 Å². The highest BCUT2D eigenvalue weighted by Gasteiger charge is 2.28. The molecule has 4 amide bonds. The van der Waals surface area contributed by atoms with Gasteiger partial charge < -0.3 is 15.8 Å². The summed E-state index contributed by atoms with van der Waals surface area (Å²) in [4.78, 5) is 33.8. The van der Waals surface area contributed by atoms with Crippen LogP contribution in [-0.4, -0.2) is 29.7 Å². The van der Waals surface area contributed by atoms with Gasteiger partial charge in [0, 0.05) is 12.0 Å². The van der Waals surface area contributed by atoms with Crippen LogP contribution in [0.2, 0.25) is 0 Å². The third-order valence-electron chi connectivity index (χ3n) is 3.07. The van der Waals surface area contributed by atoms with Gasteiger partial charge >= 0.3 is 12.1 Å². The lowest BCUT2D eigenvalue weighted by Crippen LogP contribution is -2.44. The summed E-state index contributed by atoms with van der Waals surface area (Å²) >= 11 is 0. The molecule has 0 aromatic rings. The van der Waals surface area contributed by atoms with E-state index in [1.54, 1.807) is 20.8 Å². The lowest BCUT2D eigenvalue weighted by atomic mass is 9.85. The van der Waals surface area contributed by atoms with Crippen molar-refractivity contribution < 1.29 is 19.1 Å². The zero-order chi connectivity index (χ0) is 15.3. The first-order valence-electron chi connectivity index (χ1n) is 6.77. The van der Waals surface area contributed by atoms with Crippen LogP contribution in [0.25, 0.3) is 0 Å². The molecule has 0 spiro atoms. The Labute approximate surface area is 118 Å². The minimum absolute atomic E-state index is 0.00229. The van der Waals surface area contributed by atoms with Gasteiger partial charge in [-0.05, 0) is 46.5 Å². The Morgan fingerprint density at radius 1 is 1.10 bits per heavy atom. The van der Waals surface area contributed by atoms with Crippen molar-refractivity contribution in [2.75, 3.05) is 0 Å². The quantitative estimate of drug-likeness (QED) is 0.709. The van der Waals surface area contributed by atoms with Gasteiger partial charge in [-0.15, -0.1) is 0 Å². The highest BCUT2D eigenvalue weighted by molar-refractivity contribution is 5.94. The predicted molar refractivity (Wildman–Crippen MR) is 72.8 cm³/mol. The summed E-state index contributed by atoms with van der Waals surface area (Å²) < 4.78 is 5.18. The summed E-state index contributed by atoms with van der Waals surface area (Å²) in [5.74, 6) is -0.563. The van der Waals surface area contributed by atoms with Gasteiger partial charge in [0.2, 0.25) is 5.91 Å². The van der Waals surface area contributed by atoms with Crippen LogP contribution in [0.4, 0.5) is 9.59 Å². The number of imide groups is 1. The zero-order valence-corrected chi connectivity index (χ0v) is 12.2. The van der Waals surface area contributed by atoms with Gasteiger partial charge in [-0.1, -0.05) is 0 Å². The van der Waals surface area contributed by atoms with E-state index < -0.39 is 17.7 Å². The number of carbonyl (C=O) groups excluding carboxylic acids is 3. The molecule has 1 aliphatic carbocycles. The number of nitrogens with one attached hydrogen (secondary N) is 2. The monoisotopic (exact) mass is 285 g/mol. The molecule has 0 aromatic heterocycles. The normalized spacial score (nSPS) is 22.8. The number of carbonyl (C=O) groups is 3. The Balaban J connectivity index is 2.34. The molecule has 0 aromatic carbocycles. The van der Waals surface area contributed by atoms with Gasteiger partial charge in [0.25, 0.3) is 0 Å². The second-order valence-electron chi connectivity index (χ2n) is 6.05. The number of ether oxygens (including phenoxy) is 1. The smallest absolute Gasteiger partial charge is 0.407 e. The second-order valence-corrected chi connectivity index (χ2v) is 6.05. The van der Waals surface area contributed by atoms with Crippen LogP contribution < -0.4 is 16.4 Å². The van der Waals surface area contributed by atoms with Crippen molar-refractivity contribution >= 4 is 18.0 Å². The predicted octanol–water partition coefficient (Wildman–Crippen LogP) is 1.26. The largest absolute Gasteiger partial charge is 0.444 e. The maximum Gasteiger partial charge on any atom is 0.407 e. The van der Waals surface area contributed by atoms with Crippen LogP contribution >= 0.6 is 0 Å². The fourth-order valence-corrected chi connectivity index (χ4v) is 2.20. The van der Waals surface area contributed by atoms with Gasteiger partial charge in [0.15, 0.2) is 0 Å². The van der Waals surface area contributed by atoms with Gasteiger partial charge in [0.1, 0.15) is 5.60 Å². The van der Waals surface area contributed by atoms with Crippen molar-refractivity contribution in [2.24, 2.45) is 11.7 Å². The topological polar surface area (TPSA) is 111 Å². The SMILES string of the molecule is CC(C)(C)OC(=O)N[C@H]1CC[C@H](C(=O)NC(N)=O)CC1. The molecule has 114 valence electrons. The molecule has 1 fully saturated rings. The summed E-state index contributed by atoms with van der Waals surface area (Å²) in [6, 6.07) is -0.827. The van der Waals surface area contributed by atoms with Crippen LogP contribution in [-0.2, 0) is 9.53 Å². The van der Waals surface area contributed by atoms with Crippen LogP contribution in [0.15, 0.2) is 0 Å². The van der Waals surface area contributed by atoms with E-state index in [0.717, 1.165) is 0 Å². The maximum absolute atomic E-state index is 11.6. The molecule has 20 heavy (non-hydrogen) atoms. The fourth-order valence-electron chi connectivity index (χ4n) is 2.20. The van der Waals surface area contributed by atoms with E-state index in [0.29, 0.717) is 25.7 Å². The number of hydrogen-bond acceptors (Lipinski definition) is 4. The Bertz CT molecular complexity index is 382. The van der Waals surface area contributed by atoms with E-state index in [4.69, 9.17) is 10.5 Å². The average molecular weight is 285 g/mol. The molecule has 1 aliphatic rings. The molecule has 1 saturated carbocycles. The standard InChI is InChI=1S/C13H23N3O4/c1-13(2,3)20-12(19)15-9-6-4-8(5-7-9)10(17)16-11(14)18/h8-9H,4-7H2,1-3H3,(H,15,19)(H3,14,16,17,18)/t8-,9-. The Morgan fingerprint density at radius 2 is 1.65 bits per heavy atom. The summed E-state index contributed by atoms with van der Waals surface area (Å²) in [5, 5.41) is 4.88. The molecule has 0 heterocycles. The van der Waals surface area contributed by atoms with Crippen molar-refractivity contribution in [1.29, 1.82) is 0 Å². The average Bonchev–Trinajstić information content (AvgIpc) is 2.26. The summed E-state index contributed by atoms with van der Waals surface area (Å²) in [5.41, 5.74) is 4.38. The Kier molecular flexibility index (Phi) is 5.35. The number of rotatable bonds is 2. The highest BCUT2D eigenvalue weighted by atomic mass is 16.6. The third kappa shape index (κ3) is 5.90. The van der Waals surface area contributed by atoms with Gasteiger partial charge in [-0.2, -0.15) is 0 Å². The van der Waals surface area contributed by atoms with E-state index >= 15 is 0 Å².